The van der Waals surface area contributed by atoms with E-state index >= 15 is 0 Å². The van der Waals surface area contributed by atoms with Gasteiger partial charge >= 0.3 is 6.18 Å². The van der Waals surface area contributed by atoms with Crippen molar-refractivity contribution in [2.45, 2.75) is 26.1 Å². The summed E-state index contributed by atoms with van der Waals surface area (Å²) in [5, 5.41) is 0. The zero-order valence-electron chi connectivity index (χ0n) is 9.52. The van der Waals surface area contributed by atoms with Crippen LogP contribution in [0, 0.1) is 13.8 Å². The third-order valence-corrected chi connectivity index (χ3v) is 2.79. The van der Waals surface area contributed by atoms with Crippen LogP contribution in [-0.4, -0.2) is 12.2 Å². The second-order valence-corrected chi connectivity index (χ2v) is 4.18. The maximum Gasteiger partial charge on any atom is 0.409 e. The molecule has 2 rings (SSSR count). The molecule has 0 amide bonds. The Morgan fingerprint density at radius 1 is 1.18 bits per heavy atom. The Morgan fingerprint density at radius 2 is 1.88 bits per heavy atom. The number of aryl methyl sites for hydroxylation is 2. The Morgan fingerprint density at radius 3 is 2.47 bits per heavy atom. The zero-order chi connectivity index (χ0) is 12.6. The Hall–Kier alpha value is -1.49. The van der Waals surface area contributed by atoms with Crippen molar-refractivity contribution in [1.82, 2.24) is 10.9 Å². The van der Waals surface area contributed by atoms with Crippen molar-refractivity contribution in [1.29, 1.82) is 0 Å². The topological polar surface area (TPSA) is 24.1 Å². The molecule has 1 atom stereocenters. The normalized spacial score (nSPS) is 20.1. The van der Waals surface area contributed by atoms with Crippen molar-refractivity contribution in [3.63, 3.8) is 0 Å². The van der Waals surface area contributed by atoms with E-state index in [0.717, 1.165) is 11.1 Å². The van der Waals surface area contributed by atoms with Crippen LogP contribution in [0.15, 0.2) is 24.4 Å². The van der Waals surface area contributed by atoms with Crippen LogP contribution in [0.25, 0.3) is 5.57 Å². The molecular formula is C12H13F3N2. The predicted molar refractivity (Wildman–Crippen MR) is 60.0 cm³/mol. The van der Waals surface area contributed by atoms with Gasteiger partial charge in [0, 0.05) is 11.8 Å². The first kappa shape index (κ1) is 12.0. The van der Waals surface area contributed by atoms with Gasteiger partial charge in [-0.15, -0.1) is 0 Å². The van der Waals surface area contributed by atoms with Gasteiger partial charge in [-0.05, 0) is 25.0 Å². The summed E-state index contributed by atoms with van der Waals surface area (Å²) in [6.45, 7) is 3.73. The number of hydrazine groups is 1. The van der Waals surface area contributed by atoms with Crippen LogP contribution in [0.4, 0.5) is 13.2 Å². The molecule has 1 aromatic rings. The van der Waals surface area contributed by atoms with Gasteiger partial charge in [0.25, 0.3) is 0 Å². The Labute approximate surface area is 97.5 Å². The van der Waals surface area contributed by atoms with Gasteiger partial charge in [-0.3, -0.25) is 0 Å². The third kappa shape index (κ3) is 2.29. The smallest absolute Gasteiger partial charge is 0.328 e. The monoisotopic (exact) mass is 242 g/mol. The van der Waals surface area contributed by atoms with Crippen LogP contribution in [0.5, 0.6) is 0 Å². The summed E-state index contributed by atoms with van der Waals surface area (Å²) >= 11 is 0. The van der Waals surface area contributed by atoms with E-state index in [1.807, 2.05) is 26.0 Å². The average Bonchev–Trinajstić information content (AvgIpc) is 2.65. The number of benzene rings is 1. The van der Waals surface area contributed by atoms with Gasteiger partial charge in [-0.2, -0.15) is 13.2 Å². The summed E-state index contributed by atoms with van der Waals surface area (Å²) in [4.78, 5) is 0. The van der Waals surface area contributed by atoms with E-state index in [0.29, 0.717) is 5.56 Å². The fourth-order valence-electron chi connectivity index (χ4n) is 1.99. The van der Waals surface area contributed by atoms with E-state index in [1.54, 1.807) is 6.07 Å². The van der Waals surface area contributed by atoms with E-state index in [4.69, 9.17) is 0 Å². The minimum atomic E-state index is -4.30. The highest BCUT2D eigenvalue weighted by Gasteiger charge is 2.44. The van der Waals surface area contributed by atoms with Gasteiger partial charge in [-0.25, -0.2) is 5.43 Å². The van der Waals surface area contributed by atoms with E-state index in [2.05, 4.69) is 10.9 Å². The fraction of sp³-hybridized carbons (Fsp3) is 0.333. The van der Waals surface area contributed by atoms with Crippen molar-refractivity contribution in [2.24, 2.45) is 0 Å². The van der Waals surface area contributed by atoms with Gasteiger partial charge in [0.1, 0.15) is 6.04 Å². The minimum Gasteiger partial charge on any atom is -0.328 e. The summed E-state index contributed by atoms with van der Waals surface area (Å²) in [5.41, 5.74) is 7.39. The second kappa shape index (κ2) is 4.07. The first-order chi connectivity index (χ1) is 7.89. The number of hydrogen-bond donors (Lipinski definition) is 2. The second-order valence-electron chi connectivity index (χ2n) is 4.18. The van der Waals surface area contributed by atoms with Crippen molar-refractivity contribution < 1.29 is 13.2 Å². The molecule has 1 heterocycles. The predicted octanol–water partition coefficient (Wildman–Crippen LogP) is 2.68. The molecular weight excluding hydrogens is 229 g/mol. The molecule has 1 aromatic carbocycles. The Kier molecular flexibility index (Phi) is 2.87. The summed E-state index contributed by atoms with van der Waals surface area (Å²) in [6, 6.07) is 3.77. The summed E-state index contributed by atoms with van der Waals surface area (Å²) in [6.07, 6.45) is -2.93. The lowest BCUT2D eigenvalue weighted by Crippen LogP contribution is -2.43. The molecule has 1 aliphatic rings. The standard InChI is InChI=1S/C12H13F3N2/c1-7-3-4-9(8(2)5-7)10-6-16-17-11(10)12(13,14)15/h3-6,11,16-17H,1-2H3. The van der Waals surface area contributed by atoms with Crippen LogP contribution in [0.3, 0.4) is 0 Å². The highest BCUT2D eigenvalue weighted by Crippen LogP contribution is 2.33. The molecule has 0 bridgehead atoms. The molecule has 0 fully saturated rings. The van der Waals surface area contributed by atoms with E-state index in [1.165, 1.54) is 6.20 Å². The molecule has 0 radical (unpaired) electrons. The van der Waals surface area contributed by atoms with Gasteiger partial charge in [0.15, 0.2) is 0 Å². The van der Waals surface area contributed by atoms with Crippen LogP contribution in [0.2, 0.25) is 0 Å². The lowest BCUT2D eigenvalue weighted by atomic mass is 9.95. The molecule has 0 aromatic heterocycles. The first-order valence-electron chi connectivity index (χ1n) is 5.25. The van der Waals surface area contributed by atoms with E-state index in [-0.39, 0.29) is 5.57 Å². The maximum absolute atomic E-state index is 12.8. The van der Waals surface area contributed by atoms with Crippen LogP contribution in [0.1, 0.15) is 16.7 Å². The van der Waals surface area contributed by atoms with Crippen LogP contribution >= 0.6 is 0 Å². The SMILES string of the molecule is Cc1ccc(C2=CNNC2C(F)(F)F)c(C)c1. The van der Waals surface area contributed by atoms with Crippen molar-refractivity contribution in [2.75, 3.05) is 0 Å². The number of alkyl halides is 3. The van der Waals surface area contributed by atoms with Crippen LogP contribution < -0.4 is 10.9 Å². The van der Waals surface area contributed by atoms with Gasteiger partial charge in [0.05, 0.1) is 0 Å². The largest absolute Gasteiger partial charge is 0.409 e. The number of rotatable bonds is 1. The minimum absolute atomic E-state index is 0.231. The fourth-order valence-corrected chi connectivity index (χ4v) is 1.99. The van der Waals surface area contributed by atoms with Crippen molar-refractivity contribution in [3.05, 3.63) is 41.1 Å². The maximum atomic E-state index is 12.8. The van der Waals surface area contributed by atoms with Crippen molar-refractivity contribution >= 4 is 5.57 Å². The van der Waals surface area contributed by atoms with Crippen molar-refractivity contribution in [3.8, 4) is 0 Å². The molecule has 1 aliphatic heterocycles. The summed E-state index contributed by atoms with van der Waals surface area (Å²) < 4.78 is 38.3. The molecule has 0 spiro atoms. The highest BCUT2D eigenvalue weighted by molar-refractivity contribution is 5.73. The summed E-state index contributed by atoms with van der Waals surface area (Å²) in [7, 11) is 0. The molecule has 17 heavy (non-hydrogen) atoms. The highest BCUT2D eigenvalue weighted by atomic mass is 19.4. The molecule has 0 aliphatic carbocycles. The molecule has 2 N–H and O–H groups in total. The quantitative estimate of drug-likeness (QED) is 0.791. The molecule has 92 valence electrons. The van der Waals surface area contributed by atoms with E-state index in [9.17, 15) is 13.2 Å². The lowest BCUT2D eigenvalue weighted by molar-refractivity contribution is -0.141. The first-order valence-corrected chi connectivity index (χ1v) is 5.25. The van der Waals surface area contributed by atoms with Crippen LogP contribution in [-0.2, 0) is 0 Å². The Bertz CT molecular complexity index is 463. The number of nitrogens with one attached hydrogen (secondary N) is 2. The van der Waals surface area contributed by atoms with Gasteiger partial charge in [0.2, 0.25) is 0 Å². The lowest BCUT2D eigenvalue weighted by Gasteiger charge is -2.19. The molecule has 2 nitrogen and oxygen atoms in total. The molecule has 0 saturated carbocycles. The molecule has 5 heteroatoms. The number of halogens is 3. The third-order valence-electron chi connectivity index (χ3n) is 2.79. The molecule has 0 saturated heterocycles. The van der Waals surface area contributed by atoms with E-state index < -0.39 is 12.2 Å². The van der Waals surface area contributed by atoms with Gasteiger partial charge in [-0.1, -0.05) is 23.8 Å². The number of hydrogen-bond acceptors (Lipinski definition) is 2. The molecule has 1 unspecified atom stereocenters. The summed E-state index contributed by atoms with van der Waals surface area (Å²) in [5.74, 6) is 0. The van der Waals surface area contributed by atoms with Gasteiger partial charge < -0.3 is 5.43 Å². The zero-order valence-corrected chi connectivity index (χ0v) is 9.52. The Balaban J connectivity index is 2.40. The average molecular weight is 242 g/mol.